The molecule has 4 rings (SSSR count). The topological polar surface area (TPSA) is 79.5 Å². The van der Waals surface area contributed by atoms with Gasteiger partial charge in [-0.3, -0.25) is 14.9 Å². The summed E-state index contributed by atoms with van der Waals surface area (Å²) in [4.78, 5) is 26.6. The predicted molar refractivity (Wildman–Crippen MR) is 113 cm³/mol. The van der Waals surface area contributed by atoms with Crippen LogP contribution in [0.5, 0.6) is 5.75 Å². The summed E-state index contributed by atoms with van der Waals surface area (Å²) < 4.78 is 19.4. The quantitative estimate of drug-likeness (QED) is 0.685. The lowest BCUT2D eigenvalue weighted by Gasteiger charge is -2.29. The number of rotatable bonds is 4. The number of methoxy groups -OCH3 is 1. The lowest BCUT2D eigenvalue weighted by atomic mass is 9.79. The van der Waals surface area contributed by atoms with Gasteiger partial charge in [0.05, 0.1) is 18.7 Å². The van der Waals surface area contributed by atoms with E-state index in [9.17, 15) is 14.0 Å². The van der Waals surface area contributed by atoms with Crippen LogP contribution in [0, 0.1) is 17.7 Å². The van der Waals surface area contributed by atoms with E-state index >= 15 is 0 Å². The summed E-state index contributed by atoms with van der Waals surface area (Å²) in [6, 6.07) is 8.95. The van der Waals surface area contributed by atoms with Gasteiger partial charge >= 0.3 is 0 Å². The molecule has 1 fully saturated rings. The number of benzene rings is 2. The van der Waals surface area contributed by atoms with Crippen LogP contribution in [0.3, 0.4) is 0 Å². The van der Waals surface area contributed by atoms with E-state index < -0.39 is 17.3 Å². The SMILES string of the molecule is COc1ccc(Cl)cc1NC(=O)[C@H]1C[C@H](C(C)C)N[C@]12C(=O)Nc1ccc(F)cc12. The molecule has 0 aliphatic carbocycles. The van der Waals surface area contributed by atoms with Crippen LogP contribution in [0.15, 0.2) is 36.4 Å². The molecule has 0 unspecified atom stereocenters. The number of ether oxygens (including phenoxy) is 1. The van der Waals surface area contributed by atoms with Crippen molar-refractivity contribution in [1.82, 2.24) is 5.32 Å². The zero-order valence-electron chi connectivity index (χ0n) is 16.9. The second kappa shape index (κ2) is 7.56. The van der Waals surface area contributed by atoms with Crippen molar-refractivity contribution in [2.75, 3.05) is 17.7 Å². The average Bonchev–Trinajstić information content (AvgIpc) is 3.23. The zero-order valence-corrected chi connectivity index (χ0v) is 17.6. The Labute approximate surface area is 179 Å². The second-order valence-electron chi connectivity index (χ2n) is 8.07. The van der Waals surface area contributed by atoms with Crippen molar-refractivity contribution in [1.29, 1.82) is 0 Å². The monoisotopic (exact) mass is 431 g/mol. The van der Waals surface area contributed by atoms with Crippen LogP contribution in [0.25, 0.3) is 0 Å². The minimum absolute atomic E-state index is 0.0954. The van der Waals surface area contributed by atoms with Crippen molar-refractivity contribution in [3.8, 4) is 5.75 Å². The van der Waals surface area contributed by atoms with Gasteiger partial charge in [0.15, 0.2) is 0 Å². The van der Waals surface area contributed by atoms with Gasteiger partial charge in [0.25, 0.3) is 0 Å². The highest BCUT2D eigenvalue weighted by Crippen LogP contribution is 2.48. The molecule has 3 N–H and O–H groups in total. The third-order valence-corrected chi connectivity index (χ3v) is 6.21. The maximum absolute atomic E-state index is 14.1. The van der Waals surface area contributed by atoms with E-state index in [4.69, 9.17) is 16.3 Å². The van der Waals surface area contributed by atoms with Crippen LogP contribution in [-0.4, -0.2) is 25.0 Å². The van der Waals surface area contributed by atoms with E-state index in [1.165, 1.54) is 25.3 Å². The number of carbonyl (C=O) groups excluding carboxylic acids is 2. The minimum atomic E-state index is -1.34. The van der Waals surface area contributed by atoms with Gasteiger partial charge < -0.3 is 15.4 Å². The van der Waals surface area contributed by atoms with Crippen LogP contribution in [0.4, 0.5) is 15.8 Å². The van der Waals surface area contributed by atoms with E-state index in [1.54, 1.807) is 18.2 Å². The Morgan fingerprint density at radius 3 is 2.77 bits per heavy atom. The van der Waals surface area contributed by atoms with Crippen molar-refractivity contribution in [2.24, 2.45) is 11.8 Å². The molecule has 2 aliphatic heterocycles. The van der Waals surface area contributed by atoms with E-state index in [0.29, 0.717) is 34.1 Å². The molecule has 6 nitrogen and oxygen atoms in total. The van der Waals surface area contributed by atoms with Crippen molar-refractivity contribution in [3.05, 3.63) is 52.8 Å². The van der Waals surface area contributed by atoms with Gasteiger partial charge in [0.1, 0.15) is 17.1 Å². The van der Waals surface area contributed by atoms with Gasteiger partial charge in [-0.15, -0.1) is 0 Å². The lowest BCUT2D eigenvalue weighted by Crippen LogP contribution is -2.52. The van der Waals surface area contributed by atoms with Gasteiger partial charge in [-0.05, 0) is 48.7 Å². The highest BCUT2D eigenvalue weighted by atomic mass is 35.5. The molecule has 2 aromatic rings. The minimum Gasteiger partial charge on any atom is -0.495 e. The highest BCUT2D eigenvalue weighted by Gasteiger charge is 2.60. The molecule has 8 heteroatoms. The van der Waals surface area contributed by atoms with E-state index in [1.807, 2.05) is 13.8 Å². The number of anilines is 2. The van der Waals surface area contributed by atoms with Crippen molar-refractivity contribution < 1.29 is 18.7 Å². The van der Waals surface area contributed by atoms with Crippen LogP contribution < -0.4 is 20.7 Å². The largest absolute Gasteiger partial charge is 0.495 e. The Bertz CT molecular complexity index is 1030. The molecule has 2 aromatic carbocycles. The molecule has 1 saturated heterocycles. The number of hydrogen-bond acceptors (Lipinski definition) is 4. The molecule has 0 aromatic heterocycles. The first-order valence-corrected chi connectivity index (χ1v) is 10.2. The fourth-order valence-corrected chi connectivity index (χ4v) is 4.58. The Balaban J connectivity index is 1.76. The number of halogens is 2. The molecule has 2 aliphatic rings. The standard InChI is InChI=1S/C22H23ClFN3O3/c1-11(2)17-10-15(20(28)25-18-8-12(23)4-7-19(18)30-3)22(27-17)14-9-13(24)5-6-16(14)26-21(22)29/h4-9,11,15,17,27H,10H2,1-3H3,(H,25,28)(H,26,29)/t15-,17-,22+/m1/s1. The van der Waals surface area contributed by atoms with Crippen molar-refractivity contribution >= 4 is 34.8 Å². The molecule has 2 heterocycles. The normalized spacial score (nSPS) is 24.8. The molecule has 30 heavy (non-hydrogen) atoms. The summed E-state index contributed by atoms with van der Waals surface area (Å²) in [5.74, 6) is -1.31. The van der Waals surface area contributed by atoms with Gasteiger partial charge in [-0.2, -0.15) is 0 Å². The number of hydrogen-bond donors (Lipinski definition) is 3. The molecule has 0 radical (unpaired) electrons. The Hall–Kier alpha value is -2.64. The summed E-state index contributed by atoms with van der Waals surface area (Å²) in [5, 5.41) is 9.46. The van der Waals surface area contributed by atoms with Gasteiger partial charge in [-0.25, -0.2) is 4.39 Å². The third kappa shape index (κ3) is 3.22. The third-order valence-electron chi connectivity index (χ3n) is 5.98. The fraction of sp³-hybridized carbons (Fsp3) is 0.364. The molecule has 0 bridgehead atoms. The summed E-state index contributed by atoms with van der Waals surface area (Å²) in [6.07, 6.45) is 0.426. The first-order valence-electron chi connectivity index (χ1n) is 9.80. The molecular weight excluding hydrogens is 409 g/mol. The summed E-state index contributed by atoms with van der Waals surface area (Å²) in [7, 11) is 1.50. The molecular formula is C22H23ClFN3O3. The Morgan fingerprint density at radius 1 is 1.30 bits per heavy atom. The zero-order chi connectivity index (χ0) is 21.6. The highest BCUT2D eigenvalue weighted by molar-refractivity contribution is 6.31. The Kier molecular flexibility index (Phi) is 5.20. The van der Waals surface area contributed by atoms with Gasteiger partial charge in [0, 0.05) is 22.3 Å². The van der Waals surface area contributed by atoms with Crippen LogP contribution >= 0.6 is 11.6 Å². The number of fused-ring (bicyclic) bond motifs is 2. The summed E-state index contributed by atoms with van der Waals surface area (Å²) in [5.41, 5.74) is 0.0312. The number of nitrogens with one attached hydrogen (secondary N) is 3. The summed E-state index contributed by atoms with van der Waals surface area (Å²) in [6.45, 7) is 4.04. The molecule has 0 saturated carbocycles. The number of amides is 2. The van der Waals surface area contributed by atoms with Gasteiger partial charge in [0.2, 0.25) is 11.8 Å². The first-order chi connectivity index (χ1) is 14.3. The van der Waals surface area contributed by atoms with Crippen LogP contribution in [-0.2, 0) is 15.1 Å². The Morgan fingerprint density at radius 2 is 2.07 bits per heavy atom. The molecule has 1 spiro atoms. The fourth-order valence-electron chi connectivity index (χ4n) is 4.41. The van der Waals surface area contributed by atoms with Gasteiger partial charge in [-0.1, -0.05) is 25.4 Å². The maximum Gasteiger partial charge on any atom is 0.250 e. The smallest absolute Gasteiger partial charge is 0.250 e. The van der Waals surface area contributed by atoms with E-state index in [2.05, 4.69) is 16.0 Å². The molecule has 2 amide bonds. The molecule has 3 atom stereocenters. The average molecular weight is 432 g/mol. The molecule has 158 valence electrons. The maximum atomic E-state index is 14.1. The van der Waals surface area contributed by atoms with E-state index in [-0.39, 0.29) is 23.8 Å². The van der Waals surface area contributed by atoms with Crippen LogP contribution in [0.2, 0.25) is 5.02 Å². The summed E-state index contributed by atoms with van der Waals surface area (Å²) >= 11 is 6.08. The number of carbonyl (C=O) groups is 2. The predicted octanol–water partition coefficient (Wildman–Crippen LogP) is 3.91. The second-order valence-corrected chi connectivity index (χ2v) is 8.51. The lowest BCUT2D eigenvalue weighted by molar-refractivity contribution is -0.130. The van der Waals surface area contributed by atoms with Crippen molar-refractivity contribution in [2.45, 2.75) is 31.8 Å². The van der Waals surface area contributed by atoms with Crippen molar-refractivity contribution in [3.63, 3.8) is 0 Å². The van der Waals surface area contributed by atoms with E-state index in [0.717, 1.165) is 0 Å². The first kappa shape index (κ1) is 20.6. The van der Waals surface area contributed by atoms with Crippen LogP contribution in [0.1, 0.15) is 25.8 Å².